The zero-order chi connectivity index (χ0) is 12.4. The van der Waals surface area contributed by atoms with Crippen LogP contribution in [0.2, 0.25) is 0 Å². The average molecular weight is 262 g/mol. The predicted molar refractivity (Wildman–Crippen MR) is 77.6 cm³/mol. The number of hydrogen-bond acceptors (Lipinski definition) is 4. The topological polar surface area (TPSA) is 24.5 Å². The standard InChI is InChI=1S/C14H18N2OS/c1-17-10-11-9-12-13(3-2-4-14(12)18-11)16-7-5-15-6-8-16/h2-4,9,15H,5-8,10H2,1H3. The molecular weight excluding hydrogens is 244 g/mol. The van der Waals surface area contributed by atoms with Crippen molar-refractivity contribution >= 4 is 27.1 Å². The van der Waals surface area contributed by atoms with Crippen LogP contribution in [0.15, 0.2) is 24.3 Å². The van der Waals surface area contributed by atoms with Crippen molar-refractivity contribution in [3.05, 3.63) is 29.1 Å². The van der Waals surface area contributed by atoms with Gasteiger partial charge in [0.2, 0.25) is 0 Å². The fraction of sp³-hybridized carbons (Fsp3) is 0.429. The Bertz CT molecular complexity index is 532. The maximum Gasteiger partial charge on any atom is 0.0806 e. The van der Waals surface area contributed by atoms with E-state index in [9.17, 15) is 0 Å². The molecule has 1 aliphatic heterocycles. The number of nitrogens with one attached hydrogen (secondary N) is 1. The van der Waals surface area contributed by atoms with Crippen molar-refractivity contribution in [1.82, 2.24) is 5.32 Å². The molecule has 0 bridgehead atoms. The quantitative estimate of drug-likeness (QED) is 0.919. The number of methoxy groups -OCH3 is 1. The molecule has 1 N–H and O–H groups in total. The van der Waals surface area contributed by atoms with E-state index in [-0.39, 0.29) is 0 Å². The van der Waals surface area contributed by atoms with Crippen molar-refractivity contribution in [3.8, 4) is 0 Å². The second-order valence-electron chi connectivity index (χ2n) is 4.57. The number of benzene rings is 1. The van der Waals surface area contributed by atoms with E-state index in [1.807, 2.05) is 11.3 Å². The lowest BCUT2D eigenvalue weighted by Crippen LogP contribution is -2.43. The highest BCUT2D eigenvalue weighted by Gasteiger charge is 2.14. The van der Waals surface area contributed by atoms with E-state index in [0.717, 1.165) is 26.2 Å². The number of anilines is 1. The Morgan fingerprint density at radius 2 is 2.17 bits per heavy atom. The number of nitrogens with zero attached hydrogens (tertiary/aromatic N) is 1. The fourth-order valence-corrected chi connectivity index (χ4v) is 3.55. The van der Waals surface area contributed by atoms with Gasteiger partial charge in [-0.25, -0.2) is 0 Å². The van der Waals surface area contributed by atoms with E-state index in [1.165, 1.54) is 20.7 Å². The van der Waals surface area contributed by atoms with Crippen molar-refractivity contribution in [2.75, 3.05) is 38.2 Å². The van der Waals surface area contributed by atoms with Gasteiger partial charge in [-0.05, 0) is 18.2 Å². The summed E-state index contributed by atoms with van der Waals surface area (Å²) in [6, 6.07) is 8.87. The number of ether oxygens (including phenoxy) is 1. The van der Waals surface area contributed by atoms with Gasteiger partial charge in [0.05, 0.1) is 6.61 Å². The monoisotopic (exact) mass is 262 g/mol. The van der Waals surface area contributed by atoms with Crippen LogP contribution in [0.5, 0.6) is 0 Å². The minimum absolute atomic E-state index is 0.709. The summed E-state index contributed by atoms with van der Waals surface area (Å²) in [5.74, 6) is 0. The van der Waals surface area contributed by atoms with Crippen molar-refractivity contribution in [1.29, 1.82) is 0 Å². The summed E-state index contributed by atoms with van der Waals surface area (Å²) in [5.41, 5.74) is 1.37. The summed E-state index contributed by atoms with van der Waals surface area (Å²) in [6.07, 6.45) is 0. The molecule has 1 aliphatic rings. The van der Waals surface area contributed by atoms with E-state index in [2.05, 4.69) is 34.5 Å². The van der Waals surface area contributed by atoms with Crippen molar-refractivity contribution in [2.45, 2.75) is 6.61 Å². The summed E-state index contributed by atoms with van der Waals surface area (Å²) < 4.78 is 6.59. The molecule has 2 heterocycles. The smallest absolute Gasteiger partial charge is 0.0806 e. The molecule has 0 radical (unpaired) electrons. The fourth-order valence-electron chi connectivity index (χ4n) is 2.49. The van der Waals surface area contributed by atoms with Crippen LogP contribution in [0.1, 0.15) is 4.88 Å². The van der Waals surface area contributed by atoms with Gasteiger partial charge in [-0.3, -0.25) is 0 Å². The first-order valence-corrected chi connectivity index (χ1v) is 7.16. The lowest BCUT2D eigenvalue weighted by Gasteiger charge is -2.30. The summed E-state index contributed by atoms with van der Waals surface area (Å²) >= 11 is 1.83. The van der Waals surface area contributed by atoms with Gasteiger partial charge in [0.25, 0.3) is 0 Å². The molecule has 18 heavy (non-hydrogen) atoms. The van der Waals surface area contributed by atoms with Crippen LogP contribution >= 0.6 is 11.3 Å². The van der Waals surface area contributed by atoms with Gasteiger partial charge < -0.3 is 15.0 Å². The van der Waals surface area contributed by atoms with Crippen LogP contribution in [0.25, 0.3) is 10.1 Å². The van der Waals surface area contributed by atoms with E-state index in [1.54, 1.807) is 7.11 Å². The minimum atomic E-state index is 0.709. The molecule has 96 valence electrons. The molecule has 3 rings (SSSR count). The third-order valence-electron chi connectivity index (χ3n) is 3.33. The maximum absolute atomic E-state index is 5.23. The highest BCUT2D eigenvalue weighted by Crippen LogP contribution is 2.33. The molecule has 0 saturated carbocycles. The SMILES string of the molecule is COCc1cc2c(N3CCNCC3)cccc2s1. The van der Waals surface area contributed by atoms with Crippen LogP contribution in [0.3, 0.4) is 0 Å². The van der Waals surface area contributed by atoms with Crippen LogP contribution in [0.4, 0.5) is 5.69 Å². The van der Waals surface area contributed by atoms with Gasteiger partial charge in [-0.15, -0.1) is 11.3 Å². The Morgan fingerprint density at radius 3 is 2.94 bits per heavy atom. The Hall–Kier alpha value is -1.10. The molecule has 3 nitrogen and oxygen atoms in total. The van der Waals surface area contributed by atoms with Crippen molar-refractivity contribution in [2.24, 2.45) is 0 Å². The molecule has 0 amide bonds. The van der Waals surface area contributed by atoms with Gasteiger partial charge >= 0.3 is 0 Å². The van der Waals surface area contributed by atoms with Crippen LogP contribution < -0.4 is 10.2 Å². The van der Waals surface area contributed by atoms with Gasteiger partial charge in [0, 0.05) is 53.9 Å². The van der Waals surface area contributed by atoms with Crippen LogP contribution in [0, 0.1) is 0 Å². The van der Waals surface area contributed by atoms with Gasteiger partial charge in [0.15, 0.2) is 0 Å². The molecular formula is C14H18N2OS. The Labute approximate surface area is 111 Å². The Balaban J connectivity index is 1.99. The van der Waals surface area contributed by atoms with Gasteiger partial charge in [-0.2, -0.15) is 0 Å². The zero-order valence-corrected chi connectivity index (χ0v) is 11.4. The van der Waals surface area contributed by atoms with E-state index < -0.39 is 0 Å². The molecule has 1 aromatic heterocycles. The molecule has 1 saturated heterocycles. The predicted octanol–water partition coefficient (Wildman–Crippen LogP) is 2.46. The third-order valence-corrected chi connectivity index (χ3v) is 4.41. The lowest BCUT2D eigenvalue weighted by molar-refractivity contribution is 0.187. The number of fused-ring (bicyclic) bond motifs is 1. The molecule has 0 atom stereocenters. The van der Waals surface area contributed by atoms with Gasteiger partial charge in [0.1, 0.15) is 0 Å². The molecule has 0 unspecified atom stereocenters. The lowest BCUT2D eigenvalue weighted by atomic mass is 10.2. The number of piperazine rings is 1. The van der Waals surface area contributed by atoms with Crippen LogP contribution in [-0.2, 0) is 11.3 Å². The van der Waals surface area contributed by atoms with Crippen molar-refractivity contribution < 1.29 is 4.74 Å². The third kappa shape index (κ3) is 2.23. The molecule has 1 fully saturated rings. The number of thiophene rings is 1. The molecule has 2 aromatic rings. The van der Waals surface area contributed by atoms with Gasteiger partial charge in [-0.1, -0.05) is 6.07 Å². The maximum atomic E-state index is 5.23. The Morgan fingerprint density at radius 1 is 1.33 bits per heavy atom. The van der Waals surface area contributed by atoms with E-state index in [0.29, 0.717) is 6.61 Å². The average Bonchev–Trinajstić information content (AvgIpc) is 2.82. The zero-order valence-electron chi connectivity index (χ0n) is 10.6. The summed E-state index contributed by atoms with van der Waals surface area (Å²) in [6.45, 7) is 5.04. The largest absolute Gasteiger partial charge is 0.379 e. The second kappa shape index (κ2) is 5.26. The highest BCUT2D eigenvalue weighted by molar-refractivity contribution is 7.19. The first-order valence-electron chi connectivity index (χ1n) is 6.34. The molecule has 0 spiro atoms. The summed E-state index contributed by atoms with van der Waals surface area (Å²) in [5, 5.41) is 4.77. The number of rotatable bonds is 3. The molecule has 0 aliphatic carbocycles. The molecule has 1 aromatic carbocycles. The summed E-state index contributed by atoms with van der Waals surface area (Å²) in [4.78, 5) is 3.78. The first kappa shape index (κ1) is 12.0. The van der Waals surface area contributed by atoms with Crippen LogP contribution in [-0.4, -0.2) is 33.3 Å². The van der Waals surface area contributed by atoms with E-state index >= 15 is 0 Å². The number of hydrogen-bond donors (Lipinski definition) is 1. The highest BCUT2D eigenvalue weighted by atomic mass is 32.1. The summed E-state index contributed by atoms with van der Waals surface area (Å²) in [7, 11) is 1.75. The molecule has 4 heteroatoms. The van der Waals surface area contributed by atoms with Crippen molar-refractivity contribution in [3.63, 3.8) is 0 Å². The Kier molecular flexibility index (Phi) is 3.50. The van der Waals surface area contributed by atoms with E-state index in [4.69, 9.17) is 4.74 Å². The second-order valence-corrected chi connectivity index (χ2v) is 5.74. The normalized spacial score (nSPS) is 16.4. The first-order chi connectivity index (χ1) is 8.88. The minimum Gasteiger partial charge on any atom is -0.379 e.